The highest BCUT2D eigenvalue weighted by Gasteiger charge is 2.34. The molecule has 1 aromatic carbocycles. The molecular weight excluding hydrogens is 340 g/mol. The molecule has 1 aliphatic heterocycles. The standard InChI is InChI=1S/C18H15F2N5O/c19-14-2-1-11(8-15(14)20)7-12-4-6-25(17(12)26)18-21-10-16(24-18)13-3-5-22-23-9-13/h1-3,5,8-10,12H,4,6-7H2,(H,21,24). The number of halogens is 2. The van der Waals surface area contributed by atoms with Gasteiger partial charge < -0.3 is 4.98 Å². The molecule has 3 aromatic rings. The predicted octanol–water partition coefficient (Wildman–Crippen LogP) is 2.74. The van der Waals surface area contributed by atoms with Crippen molar-refractivity contribution >= 4 is 11.9 Å². The van der Waals surface area contributed by atoms with Crippen LogP contribution in [0.2, 0.25) is 0 Å². The van der Waals surface area contributed by atoms with Crippen LogP contribution in [0.1, 0.15) is 12.0 Å². The number of carbonyl (C=O) groups is 1. The van der Waals surface area contributed by atoms with Gasteiger partial charge in [0.2, 0.25) is 11.9 Å². The van der Waals surface area contributed by atoms with E-state index in [0.717, 1.165) is 23.4 Å². The number of nitrogens with zero attached hydrogens (tertiary/aromatic N) is 4. The minimum Gasteiger partial charge on any atom is -0.324 e. The molecule has 4 rings (SSSR count). The van der Waals surface area contributed by atoms with Crippen molar-refractivity contribution in [1.29, 1.82) is 0 Å². The van der Waals surface area contributed by atoms with E-state index in [2.05, 4.69) is 20.2 Å². The van der Waals surface area contributed by atoms with Gasteiger partial charge in [0.1, 0.15) is 0 Å². The van der Waals surface area contributed by atoms with Crippen LogP contribution in [-0.2, 0) is 11.2 Å². The molecule has 1 saturated heterocycles. The van der Waals surface area contributed by atoms with Gasteiger partial charge in [-0.05, 0) is 36.6 Å². The lowest BCUT2D eigenvalue weighted by molar-refractivity contribution is -0.120. The summed E-state index contributed by atoms with van der Waals surface area (Å²) in [7, 11) is 0. The first kappa shape index (κ1) is 16.3. The van der Waals surface area contributed by atoms with E-state index in [4.69, 9.17) is 0 Å². The number of hydrogen-bond donors (Lipinski definition) is 1. The number of carbonyl (C=O) groups excluding carboxylic acids is 1. The third-order valence-corrected chi connectivity index (χ3v) is 4.50. The molecule has 26 heavy (non-hydrogen) atoms. The number of aromatic amines is 1. The van der Waals surface area contributed by atoms with Crippen LogP contribution in [-0.4, -0.2) is 32.6 Å². The second-order valence-electron chi connectivity index (χ2n) is 6.18. The summed E-state index contributed by atoms with van der Waals surface area (Å²) in [6, 6.07) is 5.54. The number of amides is 1. The Hall–Kier alpha value is -3.16. The van der Waals surface area contributed by atoms with Crippen LogP contribution in [0.5, 0.6) is 0 Å². The molecular formula is C18H15F2N5O. The second-order valence-corrected chi connectivity index (χ2v) is 6.18. The van der Waals surface area contributed by atoms with Gasteiger partial charge in [-0.15, -0.1) is 0 Å². The second kappa shape index (κ2) is 6.62. The van der Waals surface area contributed by atoms with Crippen molar-refractivity contribution in [3.8, 4) is 11.3 Å². The Labute approximate surface area is 147 Å². The number of anilines is 1. The van der Waals surface area contributed by atoms with Crippen LogP contribution in [0, 0.1) is 17.6 Å². The van der Waals surface area contributed by atoms with Crippen molar-refractivity contribution in [2.45, 2.75) is 12.8 Å². The maximum Gasteiger partial charge on any atom is 0.232 e. The van der Waals surface area contributed by atoms with E-state index in [9.17, 15) is 13.6 Å². The van der Waals surface area contributed by atoms with Gasteiger partial charge in [0.05, 0.1) is 24.3 Å². The van der Waals surface area contributed by atoms with E-state index in [0.29, 0.717) is 30.9 Å². The third-order valence-electron chi connectivity index (χ3n) is 4.50. The summed E-state index contributed by atoms with van der Waals surface area (Å²) in [5, 5.41) is 7.55. The Morgan fingerprint density at radius 2 is 2.04 bits per heavy atom. The lowest BCUT2D eigenvalue weighted by atomic mass is 9.98. The molecule has 0 saturated carbocycles. The molecule has 1 unspecified atom stereocenters. The lowest BCUT2D eigenvalue weighted by Crippen LogP contribution is -2.28. The van der Waals surface area contributed by atoms with E-state index < -0.39 is 11.6 Å². The van der Waals surface area contributed by atoms with Gasteiger partial charge in [-0.3, -0.25) is 9.69 Å². The molecule has 3 heterocycles. The van der Waals surface area contributed by atoms with Gasteiger partial charge in [0.15, 0.2) is 11.6 Å². The average Bonchev–Trinajstić information content (AvgIpc) is 3.27. The Morgan fingerprint density at radius 3 is 2.81 bits per heavy atom. The highest BCUT2D eigenvalue weighted by molar-refractivity contribution is 5.96. The number of nitrogens with one attached hydrogen (secondary N) is 1. The highest BCUT2D eigenvalue weighted by atomic mass is 19.2. The summed E-state index contributed by atoms with van der Waals surface area (Å²) < 4.78 is 26.4. The summed E-state index contributed by atoms with van der Waals surface area (Å²) in [6.45, 7) is 0.523. The topological polar surface area (TPSA) is 74.8 Å². The molecule has 0 aliphatic carbocycles. The van der Waals surface area contributed by atoms with E-state index in [1.54, 1.807) is 29.6 Å². The molecule has 1 amide bonds. The summed E-state index contributed by atoms with van der Waals surface area (Å²) >= 11 is 0. The van der Waals surface area contributed by atoms with Crippen molar-refractivity contribution in [3.63, 3.8) is 0 Å². The number of imidazole rings is 1. The van der Waals surface area contributed by atoms with Crippen LogP contribution in [0.25, 0.3) is 11.3 Å². The molecule has 1 fully saturated rings. The molecule has 8 heteroatoms. The van der Waals surface area contributed by atoms with E-state index in [1.165, 1.54) is 6.07 Å². The molecule has 1 aliphatic rings. The first-order valence-electron chi connectivity index (χ1n) is 8.19. The molecule has 1 atom stereocenters. The molecule has 6 nitrogen and oxygen atoms in total. The average molecular weight is 355 g/mol. The van der Waals surface area contributed by atoms with Gasteiger partial charge in [-0.25, -0.2) is 13.8 Å². The molecule has 0 radical (unpaired) electrons. The van der Waals surface area contributed by atoms with Crippen LogP contribution < -0.4 is 4.90 Å². The first-order valence-corrected chi connectivity index (χ1v) is 8.19. The number of benzene rings is 1. The fourth-order valence-corrected chi connectivity index (χ4v) is 3.13. The van der Waals surface area contributed by atoms with E-state index in [1.807, 2.05) is 0 Å². The maximum atomic E-state index is 13.4. The van der Waals surface area contributed by atoms with E-state index in [-0.39, 0.29) is 11.8 Å². The number of H-pyrrole nitrogens is 1. The summed E-state index contributed by atoms with van der Waals surface area (Å²) in [6.07, 6.45) is 5.82. The molecule has 1 N–H and O–H groups in total. The largest absolute Gasteiger partial charge is 0.324 e. The fraction of sp³-hybridized carbons (Fsp3) is 0.222. The number of aromatic nitrogens is 4. The Bertz CT molecular complexity index is 944. The third kappa shape index (κ3) is 3.05. The van der Waals surface area contributed by atoms with Crippen LogP contribution in [0.3, 0.4) is 0 Å². The summed E-state index contributed by atoms with van der Waals surface area (Å²) in [5.74, 6) is -1.68. The Balaban J connectivity index is 1.49. The zero-order valence-electron chi connectivity index (χ0n) is 13.7. The zero-order valence-corrected chi connectivity index (χ0v) is 13.7. The molecule has 132 valence electrons. The van der Waals surface area contributed by atoms with Crippen molar-refractivity contribution in [2.24, 2.45) is 5.92 Å². The minimum atomic E-state index is -0.897. The predicted molar refractivity (Wildman–Crippen MR) is 90.1 cm³/mol. The monoisotopic (exact) mass is 355 g/mol. The van der Waals surface area contributed by atoms with Gasteiger partial charge in [0.25, 0.3) is 0 Å². The smallest absolute Gasteiger partial charge is 0.232 e. The fourth-order valence-electron chi connectivity index (χ4n) is 3.13. The highest BCUT2D eigenvalue weighted by Crippen LogP contribution is 2.27. The summed E-state index contributed by atoms with van der Waals surface area (Å²) in [5.41, 5.74) is 2.17. The number of hydrogen-bond acceptors (Lipinski definition) is 4. The SMILES string of the molecule is O=C1C(Cc2ccc(F)c(F)c2)CCN1c1ncc(-c2ccnnc2)[nH]1. The van der Waals surface area contributed by atoms with E-state index >= 15 is 0 Å². The minimum absolute atomic E-state index is 0.0801. The van der Waals surface area contributed by atoms with Crippen molar-refractivity contribution < 1.29 is 13.6 Å². The van der Waals surface area contributed by atoms with Gasteiger partial charge in [-0.2, -0.15) is 10.2 Å². The molecule has 2 aromatic heterocycles. The summed E-state index contributed by atoms with van der Waals surface area (Å²) in [4.78, 5) is 21.7. The van der Waals surface area contributed by atoms with Crippen LogP contribution in [0.4, 0.5) is 14.7 Å². The van der Waals surface area contributed by atoms with Crippen LogP contribution >= 0.6 is 0 Å². The van der Waals surface area contributed by atoms with Crippen LogP contribution in [0.15, 0.2) is 42.9 Å². The Kier molecular flexibility index (Phi) is 4.16. The van der Waals surface area contributed by atoms with Crippen molar-refractivity contribution in [3.05, 3.63) is 60.1 Å². The molecule has 0 spiro atoms. The molecule has 0 bridgehead atoms. The van der Waals surface area contributed by atoms with Gasteiger partial charge >= 0.3 is 0 Å². The van der Waals surface area contributed by atoms with Crippen molar-refractivity contribution in [1.82, 2.24) is 20.2 Å². The normalized spacial score (nSPS) is 17.1. The van der Waals surface area contributed by atoms with Crippen molar-refractivity contribution in [2.75, 3.05) is 11.4 Å². The zero-order chi connectivity index (χ0) is 18.1. The number of rotatable bonds is 4. The van der Waals surface area contributed by atoms with Gasteiger partial charge in [0, 0.05) is 18.0 Å². The first-order chi connectivity index (χ1) is 12.6. The quantitative estimate of drug-likeness (QED) is 0.781. The van der Waals surface area contributed by atoms with Gasteiger partial charge in [-0.1, -0.05) is 6.07 Å². The lowest BCUT2D eigenvalue weighted by Gasteiger charge is -2.13. The Morgan fingerprint density at radius 1 is 1.15 bits per heavy atom. The maximum absolute atomic E-state index is 13.4.